The minimum atomic E-state index is 0. The van der Waals surface area contributed by atoms with Gasteiger partial charge in [0.1, 0.15) is 0 Å². The SMILES string of the molecule is Cl.O=C(c1ccc(CN2CCN(c3cccc4ccoc34)CC2)s1)N1CCCCC1. The van der Waals surface area contributed by atoms with Gasteiger partial charge in [-0.25, -0.2) is 0 Å². The number of rotatable bonds is 4. The van der Waals surface area contributed by atoms with Crippen LogP contribution in [0.3, 0.4) is 0 Å². The zero-order chi connectivity index (χ0) is 19.6. The third-order valence-electron chi connectivity index (χ3n) is 6.07. The number of nitrogens with zero attached hydrogens (tertiary/aromatic N) is 3. The van der Waals surface area contributed by atoms with E-state index in [-0.39, 0.29) is 18.3 Å². The van der Waals surface area contributed by atoms with Crippen molar-refractivity contribution < 1.29 is 9.21 Å². The summed E-state index contributed by atoms with van der Waals surface area (Å²) in [6.45, 7) is 6.77. The normalized spacial score (nSPS) is 17.9. The van der Waals surface area contributed by atoms with Crippen LogP contribution in [0.4, 0.5) is 5.69 Å². The van der Waals surface area contributed by atoms with E-state index in [0.29, 0.717) is 0 Å². The van der Waals surface area contributed by atoms with E-state index >= 15 is 0 Å². The molecule has 0 atom stereocenters. The Kier molecular flexibility index (Phi) is 6.66. The molecule has 0 bridgehead atoms. The average molecular weight is 446 g/mol. The van der Waals surface area contributed by atoms with Crippen molar-refractivity contribution in [3.05, 3.63) is 52.4 Å². The Labute approximate surface area is 187 Å². The third-order valence-corrected chi connectivity index (χ3v) is 7.12. The van der Waals surface area contributed by atoms with Gasteiger partial charge in [-0.05, 0) is 43.5 Å². The molecule has 0 unspecified atom stereocenters. The zero-order valence-electron chi connectivity index (χ0n) is 17.1. The second-order valence-corrected chi connectivity index (χ2v) is 9.17. The molecule has 4 heterocycles. The molecule has 0 N–H and O–H groups in total. The lowest BCUT2D eigenvalue weighted by atomic mass is 10.1. The third kappa shape index (κ3) is 4.36. The second-order valence-electron chi connectivity index (χ2n) is 8.00. The number of furan rings is 1. The number of hydrogen-bond donors (Lipinski definition) is 0. The fraction of sp³-hybridized carbons (Fsp3) is 0.435. The molecule has 30 heavy (non-hydrogen) atoms. The van der Waals surface area contributed by atoms with Crippen LogP contribution >= 0.6 is 23.7 Å². The van der Waals surface area contributed by atoms with E-state index in [0.717, 1.165) is 74.5 Å². The van der Waals surface area contributed by atoms with Gasteiger partial charge < -0.3 is 14.2 Å². The lowest BCUT2D eigenvalue weighted by Gasteiger charge is -2.35. The lowest BCUT2D eigenvalue weighted by Crippen LogP contribution is -2.45. The predicted octanol–water partition coefficient (Wildman–Crippen LogP) is 4.86. The molecule has 2 aliphatic rings. The highest BCUT2D eigenvalue weighted by Crippen LogP contribution is 2.29. The van der Waals surface area contributed by atoms with Crippen LogP contribution in [-0.2, 0) is 6.54 Å². The van der Waals surface area contributed by atoms with Gasteiger partial charge in [-0.3, -0.25) is 9.69 Å². The number of benzene rings is 1. The van der Waals surface area contributed by atoms with Gasteiger partial charge in [-0.1, -0.05) is 12.1 Å². The van der Waals surface area contributed by atoms with Gasteiger partial charge in [0.15, 0.2) is 5.58 Å². The molecule has 0 spiro atoms. The topological polar surface area (TPSA) is 39.9 Å². The van der Waals surface area contributed by atoms with Gasteiger partial charge in [0, 0.05) is 56.1 Å². The summed E-state index contributed by atoms with van der Waals surface area (Å²) in [5, 5.41) is 1.16. The number of hydrogen-bond acceptors (Lipinski definition) is 5. The molecule has 160 valence electrons. The fourth-order valence-corrected chi connectivity index (χ4v) is 5.44. The molecule has 2 aliphatic heterocycles. The number of thiophene rings is 1. The quantitative estimate of drug-likeness (QED) is 0.574. The van der Waals surface area contributed by atoms with Crippen molar-refractivity contribution in [3.8, 4) is 0 Å². The number of para-hydroxylation sites is 1. The number of fused-ring (bicyclic) bond motifs is 1. The monoisotopic (exact) mass is 445 g/mol. The lowest BCUT2D eigenvalue weighted by molar-refractivity contribution is 0.0729. The number of piperazine rings is 1. The highest BCUT2D eigenvalue weighted by molar-refractivity contribution is 7.14. The Balaban J connectivity index is 0.00000218. The molecule has 0 radical (unpaired) electrons. The molecule has 1 amide bonds. The van der Waals surface area contributed by atoms with Crippen molar-refractivity contribution in [2.24, 2.45) is 0 Å². The molecule has 5 rings (SSSR count). The average Bonchev–Trinajstić information content (AvgIpc) is 3.44. The molecule has 5 nitrogen and oxygen atoms in total. The van der Waals surface area contributed by atoms with Gasteiger partial charge in [-0.2, -0.15) is 0 Å². The zero-order valence-corrected chi connectivity index (χ0v) is 18.7. The van der Waals surface area contributed by atoms with Crippen LogP contribution in [0.25, 0.3) is 11.0 Å². The van der Waals surface area contributed by atoms with Crippen LogP contribution in [-0.4, -0.2) is 55.0 Å². The van der Waals surface area contributed by atoms with Crippen LogP contribution in [0.15, 0.2) is 47.1 Å². The summed E-state index contributed by atoms with van der Waals surface area (Å²) >= 11 is 1.67. The summed E-state index contributed by atoms with van der Waals surface area (Å²) in [6.07, 6.45) is 5.30. The highest BCUT2D eigenvalue weighted by atomic mass is 35.5. The second kappa shape index (κ2) is 9.41. The van der Waals surface area contributed by atoms with E-state index in [4.69, 9.17) is 4.42 Å². The molecule has 2 saturated heterocycles. The van der Waals surface area contributed by atoms with Gasteiger partial charge in [0.05, 0.1) is 16.8 Å². The number of piperidine rings is 1. The summed E-state index contributed by atoms with van der Waals surface area (Å²) in [4.78, 5) is 21.8. The van der Waals surface area contributed by atoms with E-state index in [1.54, 1.807) is 17.6 Å². The van der Waals surface area contributed by atoms with E-state index in [1.807, 2.05) is 17.0 Å². The molecule has 0 saturated carbocycles. The first kappa shape index (κ1) is 21.2. The Morgan fingerprint density at radius 1 is 0.933 bits per heavy atom. The summed E-state index contributed by atoms with van der Waals surface area (Å²) in [5.41, 5.74) is 2.18. The summed E-state index contributed by atoms with van der Waals surface area (Å²) in [7, 11) is 0. The molecular formula is C23H28ClN3O2S. The van der Waals surface area contributed by atoms with Crippen LogP contribution in [0, 0.1) is 0 Å². The van der Waals surface area contributed by atoms with Crippen LogP contribution in [0.2, 0.25) is 0 Å². The molecule has 0 aliphatic carbocycles. The standard InChI is InChI=1S/C23H27N3O2S.ClH/c27-23(26-10-2-1-3-11-26)21-8-7-19(29-21)17-24-12-14-25(15-13-24)20-6-4-5-18-9-16-28-22(18)20;/h4-9,16H,1-3,10-15,17H2;1H. The maximum absolute atomic E-state index is 12.7. The number of anilines is 1. The van der Waals surface area contributed by atoms with Crippen molar-refractivity contribution >= 4 is 46.3 Å². The first-order valence-corrected chi connectivity index (χ1v) is 11.4. The Morgan fingerprint density at radius 2 is 1.73 bits per heavy atom. The number of likely N-dealkylation sites (tertiary alicyclic amines) is 1. The maximum atomic E-state index is 12.7. The van der Waals surface area contributed by atoms with E-state index < -0.39 is 0 Å². The summed E-state index contributed by atoms with van der Waals surface area (Å²) in [6, 6.07) is 12.5. The van der Waals surface area contributed by atoms with Crippen molar-refractivity contribution in [2.45, 2.75) is 25.8 Å². The van der Waals surface area contributed by atoms with Gasteiger partial charge >= 0.3 is 0 Å². The largest absolute Gasteiger partial charge is 0.462 e. The van der Waals surface area contributed by atoms with Crippen molar-refractivity contribution in [1.82, 2.24) is 9.80 Å². The number of carbonyl (C=O) groups is 1. The van der Waals surface area contributed by atoms with Gasteiger partial charge in [0.25, 0.3) is 5.91 Å². The summed E-state index contributed by atoms with van der Waals surface area (Å²) < 4.78 is 5.71. The van der Waals surface area contributed by atoms with Crippen molar-refractivity contribution in [2.75, 3.05) is 44.2 Å². The van der Waals surface area contributed by atoms with Gasteiger partial charge in [0.2, 0.25) is 0 Å². The molecule has 2 fully saturated rings. The molecule has 3 aromatic rings. The van der Waals surface area contributed by atoms with Crippen LogP contribution < -0.4 is 4.90 Å². The van der Waals surface area contributed by atoms with E-state index in [1.165, 1.54) is 17.0 Å². The first-order valence-electron chi connectivity index (χ1n) is 10.6. The van der Waals surface area contributed by atoms with Crippen molar-refractivity contribution in [3.63, 3.8) is 0 Å². The highest BCUT2D eigenvalue weighted by Gasteiger charge is 2.22. The molecule has 7 heteroatoms. The summed E-state index contributed by atoms with van der Waals surface area (Å²) in [5.74, 6) is 0.220. The number of halogens is 1. The first-order chi connectivity index (χ1) is 14.3. The van der Waals surface area contributed by atoms with Gasteiger partial charge in [-0.15, -0.1) is 23.7 Å². The molecule has 2 aromatic heterocycles. The number of carbonyl (C=O) groups excluding carboxylic acids is 1. The van der Waals surface area contributed by atoms with Crippen molar-refractivity contribution in [1.29, 1.82) is 0 Å². The van der Waals surface area contributed by atoms with E-state index in [2.05, 4.69) is 34.1 Å². The molecular weight excluding hydrogens is 418 g/mol. The minimum absolute atomic E-state index is 0. The fourth-order valence-electron chi connectivity index (χ4n) is 4.42. The Bertz CT molecular complexity index is 987. The number of amides is 1. The Morgan fingerprint density at radius 3 is 2.53 bits per heavy atom. The molecule has 1 aromatic carbocycles. The minimum Gasteiger partial charge on any atom is -0.462 e. The predicted molar refractivity (Wildman–Crippen MR) is 125 cm³/mol. The Hall–Kier alpha value is -2.02. The maximum Gasteiger partial charge on any atom is 0.263 e. The van der Waals surface area contributed by atoms with Crippen LogP contribution in [0.5, 0.6) is 0 Å². The van der Waals surface area contributed by atoms with E-state index in [9.17, 15) is 4.79 Å². The van der Waals surface area contributed by atoms with Crippen LogP contribution in [0.1, 0.15) is 33.8 Å². The smallest absolute Gasteiger partial charge is 0.263 e.